The summed E-state index contributed by atoms with van der Waals surface area (Å²) in [7, 11) is 6.03. The van der Waals surface area contributed by atoms with E-state index < -0.39 is 5.44 Å². The second-order valence-corrected chi connectivity index (χ2v) is 12.2. The zero-order valence-corrected chi connectivity index (χ0v) is 24.0. The molecule has 1 fully saturated rings. The molecule has 39 heavy (non-hydrogen) atoms. The van der Waals surface area contributed by atoms with Crippen molar-refractivity contribution >= 4 is 47.5 Å². The Morgan fingerprint density at radius 2 is 2.00 bits per heavy atom. The lowest BCUT2D eigenvalue weighted by molar-refractivity contribution is 0.443. The maximum Gasteiger partial charge on any atom is 0.148 e. The molecule has 4 aromatic rings. The van der Waals surface area contributed by atoms with Gasteiger partial charge in [0.25, 0.3) is 0 Å². The Bertz CT molecular complexity index is 1570. The maximum atomic E-state index is 9.86. The minimum Gasteiger partial charge on any atom is -0.383 e. The number of nitrogens with zero attached hydrogens (tertiary/aromatic N) is 7. The van der Waals surface area contributed by atoms with Crippen LogP contribution >= 0.6 is 11.6 Å². The fraction of sp³-hybridized carbons (Fsp3) is 0.393. The predicted molar refractivity (Wildman–Crippen MR) is 159 cm³/mol. The van der Waals surface area contributed by atoms with Crippen LogP contribution in [-0.4, -0.2) is 53.4 Å². The van der Waals surface area contributed by atoms with Gasteiger partial charge in [0.2, 0.25) is 0 Å². The van der Waals surface area contributed by atoms with E-state index in [1.165, 1.54) is 0 Å². The van der Waals surface area contributed by atoms with Gasteiger partial charge in [0.1, 0.15) is 25.4 Å². The summed E-state index contributed by atoms with van der Waals surface area (Å²) in [5, 5.41) is 27.4. The van der Waals surface area contributed by atoms with Crippen molar-refractivity contribution < 1.29 is 0 Å². The molecule has 0 aliphatic heterocycles. The predicted octanol–water partition coefficient (Wildman–Crippen LogP) is 4.55. The monoisotopic (exact) mass is 541 g/mol. The molecule has 0 spiro atoms. The van der Waals surface area contributed by atoms with Crippen LogP contribution in [0.3, 0.4) is 0 Å². The van der Waals surface area contributed by atoms with Crippen molar-refractivity contribution in [2.75, 3.05) is 36.2 Å². The van der Waals surface area contributed by atoms with E-state index in [0.29, 0.717) is 28.7 Å². The number of anilines is 3. The molecule has 5 rings (SSSR count). The van der Waals surface area contributed by atoms with Crippen molar-refractivity contribution in [2.45, 2.75) is 45.1 Å². The van der Waals surface area contributed by atoms with E-state index in [1.807, 2.05) is 48.1 Å². The summed E-state index contributed by atoms with van der Waals surface area (Å²) < 4.78 is 1.95. The Hall–Kier alpha value is -3.84. The molecule has 3 heterocycles. The van der Waals surface area contributed by atoms with Gasteiger partial charge in [-0.05, 0) is 36.5 Å². The van der Waals surface area contributed by atoms with Crippen LogP contribution in [0.5, 0.6) is 0 Å². The van der Waals surface area contributed by atoms with E-state index >= 15 is 0 Å². The normalized spacial score (nSPS) is 15.0. The van der Waals surface area contributed by atoms with Crippen LogP contribution in [0.4, 0.5) is 17.2 Å². The lowest BCUT2D eigenvalue weighted by atomic mass is 9.69. The summed E-state index contributed by atoms with van der Waals surface area (Å²) in [6.07, 6.45) is 7.61. The van der Waals surface area contributed by atoms with Gasteiger partial charge < -0.3 is 15.5 Å². The zero-order valence-electron chi connectivity index (χ0n) is 23.2. The molecular weight excluding hydrogens is 509 g/mol. The second-order valence-electron chi connectivity index (χ2n) is 11.8. The van der Waals surface area contributed by atoms with Crippen molar-refractivity contribution in [1.29, 1.82) is 5.26 Å². The summed E-state index contributed by atoms with van der Waals surface area (Å²) >= 11 is 6.81. The Labute approximate surface area is 235 Å². The first kappa shape index (κ1) is 26.8. The number of rotatable bonds is 8. The Morgan fingerprint density at radius 3 is 2.67 bits per heavy atom. The van der Waals surface area contributed by atoms with Crippen molar-refractivity contribution in [3.8, 4) is 6.07 Å². The van der Waals surface area contributed by atoms with Gasteiger partial charge in [0.15, 0.2) is 0 Å². The molecule has 1 unspecified atom stereocenters. The number of nitriles is 1. The third-order valence-electron chi connectivity index (χ3n) is 6.93. The molecule has 0 saturated heterocycles. The minimum absolute atomic E-state index is 0.0107. The van der Waals surface area contributed by atoms with E-state index in [2.05, 4.69) is 71.7 Å². The third kappa shape index (κ3) is 5.37. The zero-order chi connectivity index (χ0) is 27.9. The van der Waals surface area contributed by atoms with E-state index in [4.69, 9.17) is 11.6 Å². The lowest BCUT2D eigenvalue weighted by Crippen LogP contribution is -2.39. The summed E-state index contributed by atoms with van der Waals surface area (Å²) in [6.45, 7) is 7.11. The minimum atomic E-state index is -0.794. The summed E-state index contributed by atoms with van der Waals surface area (Å²) in [6, 6.07) is 10.5. The highest BCUT2D eigenvalue weighted by Crippen LogP contribution is 2.40. The summed E-state index contributed by atoms with van der Waals surface area (Å²) in [5.74, 6) is 0.821. The van der Waals surface area contributed by atoms with Gasteiger partial charge in [-0.25, -0.2) is 9.67 Å². The molecule has 1 aromatic carbocycles. The van der Waals surface area contributed by atoms with Gasteiger partial charge in [-0.2, -0.15) is 5.26 Å². The molecule has 2 N–H and O–H groups in total. The molecule has 1 aliphatic rings. The number of benzene rings is 1. The molecule has 3 aromatic heterocycles. The number of fused-ring (bicyclic) bond motifs is 1. The molecule has 200 valence electrons. The molecule has 11 heteroatoms. The summed E-state index contributed by atoms with van der Waals surface area (Å²) in [4.78, 5) is 11.2. The maximum absolute atomic E-state index is 9.86. The van der Waals surface area contributed by atoms with Gasteiger partial charge in [-0.1, -0.05) is 43.7 Å². The average Bonchev–Trinajstić information content (AvgIpc) is 3.62. The highest BCUT2D eigenvalue weighted by molar-refractivity contribution is 6.36. The largest absolute Gasteiger partial charge is 0.383 e. The lowest BCUT2D eigenvalue weighted by Gasteiger charge is -2.33. The van der Waals surface area contributed by atoms with Crippen molar-refractivity contribution in [1.82, 2.24) is 25.0 Å². The van der Waals surface area contributed by atoms with Gasteiger partial charge in [0, 0.05) is 49.7 Å². The van der Waals surface area contributed by atoms with Crippen LogP contribution in [0.15, 0.2) is 42.9 Å². The number of hydrogen-bond donors (Lipinski definition) is 2. The van der Waals surface area contributed by atoms with Crippen LogP contribution in [0, 0.1) is 16.7 Å². The van der Waals surface area contributed by atoms with E-state index in [9.17, 15) is 5.26 Å². The molecule has 1 atom stereocenters. The molecule has 0 radical (unpaired) electrons. The van der Waals surface area contributed by atoms with E-state index in [0.717, 1.165) is 46.7 Å². The summed E-state index contributed by atoms with van der Waals surface area (Å²) in [5.41, 5.74) is 3.53. The molecular formula is C28H33BClN9. The van der Waals surface area contributed by atoms with Gasteiger partial charge in [-0.15, -0.1) is 5.10 Å². The highest BCUT2D eigenvalue weighted by Gasteiger charge is 2.37. The molecule has 1 aliphatic carbocycles. The fourth-order valence-corrected chi connectivity index (χ4v) is 4.95. The van der Waals surface area contributed by atoms with Crippen molar-refractivity contribution in [2.24, 2.45) is 5.41 Å². The number of nitrogens with one attached hydrogen (secondary N) is 2. The van der Waals surface area contributed by atoms with Crippen LogP contribution in [0.25, 0.3) is 10.9 Å². The van der Waals surface area contributed by atoms with Gasteiger partial charge in [0.05, 0.1) is 39.5 Å². The average molecular weight is 542 g/mol. The SMILES string of the molecule is BC(Nc1cc(Cl)c2ncc(C#N)c(NCC(C)(C)C)c2c1)(c1cn(C2CC2)nn1)c1cccnc1N(C)C. The van der Waals surface area contributed by atoms with Gasteiger partial charge >= 0.3 is 0 Å². The fourth-order valence-electron chi connectivity index (χ4n) is 4.69. The van der Waals surface area contributed by atoms with Crippen LogP contribution in [0.2, 0.25) is 5.02 Å². The van der Waals surface area contributed by atoms with Gasteiger partial charge in [-0.3, -0.25) is 4.98 Å². The first-order valence-electron chi connectivity index (χ1n) is 13.1. The van der Waals surface area contributed by atoms with Crippen LogP contribution < -0.4 is 15.5 Å². The number of pyridine rings is 2. The Morgan fingerprint density at radius 1 is 1.23 bits per heavy atom. The molecule has 1 saturated carbocycles. The number of hydrogen-bond acceptors (Lipinski definition) is 8. The third-order valence-corrected chi connectivity index (χ3v) is 7.22. The topological polar surface area (TPSA) is 108 Å². The van der Waals surface area contributed by atoms with E-state index in [-0.39, 0.29) is 5.41 Å². The quantitative estimate of drug-likeness (QED) is 0.313. The van der Waals surface area contributed by atoms with Crippen molar-refractivity contribution in [3.63, 3.8) is 0 Å². The first-order chi connectivity index (χ1) is 18.5. The first-order valence-corrected chi connectivity index (χ1v) is 13.5. The van der Waals surface area contributed by atoms with Crippen LogP contribution in [-0.2, 0) is 5.44 Å². The molecule has 0 bridgehead atoms. The standard InChI is InChI=1S/C28H33BClN9/c1-27(2,3)16-34-24-17(13-31)14-33-25-20(24)11-18(12-22(25)30)35-28(29,21-7-6-10-32-26(21)38(4)5)23-15-39(37-36-23)19-8-9-19/h6-7,10-12,14-15,19,35H,8-9,16,29H2,1-5H3,(H,33,34). The Kier molecular flexibility index (Phi) is 6.89. The van der Waals surface area contributed by atoms with Crippen LogP contribution in [0.1, 0.15) is 56.5 Å². The second kappa shape index (κ2) is 10.0. The van der Waals surface area contributed by atoms with Crippen molar-refractivity contribution in [3.05, 3.63) is 64.7 Å². The smallest absolute Gasteiger partial charge is 0.148 e. The Balaban J connectivity index is 1.66. The molecule has 0 amide bonds. The highest BCUT2D eigenvalue weighted by atomic mass is 35.5. The number of aromatic nitrogens is 5. The van der Waals surface area contributed by atoms with E-state index in [1.54, 1.807) is 12.4 Å². The number of halogens is 1. The molecule has 9 nitrogen and oxygen atoms in total.